The van der Waals surface area contributed by atoms with Crippen LogP contribution in [0, 0.1) is 0 Å². The van der Waals surface area contributed by atoms with Crippen molar-refractivity contribution in [1.82, 2.24) is 4.31 Å². The fourth-order valence-electron chi connectivity index (χ4n) is 1.91. The number of sulfonamides is 1. The van der Waals surface area contributed by atoms with E-state index in [9.17, 15) is 13.2 Å². The minimum absolute atomic E-state index is 0.0197. The van der Waals surface area contributed by atoms with E-state index >= 15 is 0 Å². The quantitative estimate of drug-likeness (QED) is 0.795. The van der Waals surface area contributed by atoms with Gasteiger partial charge in [0.25, 0.3) is 0 Å². The molecule has 0 aliphatic rings. The van der Waals surface area contributed by atoms with Crippen molar-refractivity contribution in [2.75, 3.05) is 19.3 Å². The van der Waals surface area contributed by atoms with E-state index in [-0.39, 0.29) is 24.6 Å². The number of benzene rings is 1. The van der Waals surface area contributed by atoms with Crippen LogP contribution in [0.15, 0.2) is 30.3 Å². The minimum Gasteiger partial charge on any atom is -0.481 e. The van der Waals surface area contributed by atoms with Gasteiger partial charge in [-0.05, 0) is 17.9 Å². The zero-order valence-corrected chi connectivity index (χ0v) is 12.6. The Hall–Kier alpha value is -1.40. The van der Waals surface area contributed by atoms with Gasteiger partial charge in [-0.1, -0.05) is 37.3 Å². The molecule has 0 aliphatic carbocycles. The van der Waals surface area contributed by atoms with Crippen molar-refractivity contribution < 1.29 is 18.3 Å². The van der Waals surface area contributed by atoms with E-state index in [1.807, 2.05) is 37.3 Å². The van der Waals surface area contributed by atoms with Crippen LogP contribution in [0.4, 0.5) is 0 Å². The lowest BCUT2D eigenvalue weighted by Gasteiger charge is -2.19. The molecular weight excluding hydrogens is 278 g/mol. The number of carbonyl (C=O) groups is 1. The van der Waals surface area contributed by atoms with Gasteiger partial charge >= 0.3 is 5.97 Å². The van der Waals surface area contributed by atoms with Crippen LogP contribution >= 0.6 is 0 Å². The van der Waals surface area contributed by atoms with Crippen LogP contribution in [0.3, 0.4) is 0 Å². The molecule has 0 bridgehead atoms. The molecule has 6 heteroatoms. The van der Waals surface area contributed by atoms with Crippen LogP contribution < -0.4 is 0 Å². The topological polar surface area (TPSA) is 74.7 Å². The van der Waals surface area contributed by atoms with E-state index in [4.69, 9.17) is 5.11 Å². The molecule has 1 atom stereocenters. The van der Waals surface area contributed by atoms with Gasteiger partial charge in [-0.25, -0.2) is 12.7 Å². The molecule has 0 amide bonds. The van der Waals surface area contributed by atoms with Crippen LogP contribution in [0.1, 0.15) is 31.2 Å². The first-order valence-electron chi connectivity index (χ1n) is 6.53. The first-order valence-corrected chi connectivity index (χ1v) is 8.14. The third kappa shape index (κ3) is 5.30. The molecule has 1 aromatic carbocycles. The lowest BCUT2D eigenvalue weighted by Crippen LogP contribution is -2.32. The van der Waals surface area contributed by atoms with Gasteiger partial charge in [0.1, 0.15) is 0 Å². The lowest BCUT2D eigenvalue weighted by molar-refractivity contribution is -0.137. The average molecular weight is 299 g/mol. The predicted octanol–water partition coefficient (Wildman–Crippen LogP) is 1.92. The Labute approximate surface area is 120 Å². The molecule has 0 saturated heterocycles. The Bertz CT molecular complexity index is 527. The smallest absolute Gasteiger partial charge is 0.303 e. The van der Waals surface area contributed by atoms with Crippen molar-refractivity contribution >= 4 is 16.0 Å². The van der Waals surface area contributed by atoms with Crippen LogP contribution in [0.5, 0.6) is 0 Å². The summed E-state index contributed by atoms with van der Waals surface area (Å²) in [6.07, 6.45) is 0.304. The Kier molecular flexibility index (Phi) is 6.16. The van der Waals surface area contributed by atoms with Crippen molar-refractivity contribution in [2.24, 2.45) is 0 Å². The number of carboxylic acids is 1. The molecule has 0 saturated carbocycles. The highest BCUT2D eigenvalue weighted by Crippen LogP contribution is 2.18. The number of aliphatic carboxylic acids is 1. The SMILES string of the molecule is CC(CS(=O)(=O)N(C)CCCC(=O)O)c1ccccc1. The second-order valence-corrected chi connectivity index (χ2v) is 7.03. The number of rotatable bonds is 8. The van der Waals surface area contributed by atoms with Crippen LogP contribution in [0.25, 0.3) is 0 Å². The Balaban J connectivity index is 2.58. The third-order valence-corrected chi connectivity index (χ3v) is 5.22. The first-order chi connectivity index (χ1) is 9.33. The van der Waals surface area contributed by atoms with Gasteiger partial charge in [0.05, 0.1) is 5.75 Å². The molecule has 1 aromatic rings. The van der Waals surface area contributed by atoms with Crippen LogP contribution in [0.2, 0.25) is 0 Å². The summed E-state index contributed by atoms with van der Waals surface area (Å²) in [6.45, 7) is 2.11. The molecule has 20 heavy (non-hydrogen) atoms. The lowest BCUT2D eigenvalue weighted by atomic mass is 10.0. The second-order valence-electron chi connectivity index (χ2n) is 4.91. The molecule has 0 fully saturated rings. The summed E-state index contributed by atoms with van der Waals surface area (Å²) in [5.74, 6) is -0.975. The molecule has 0 radical (unpaired) electrons. The summed E-state index contributed by atoms with van der Waals surface area (Å²) < 4.78 is 25.6. The number of hydrogen-bond acceptors (Lipinski definition) is 3. The van der Waals surface area contributed by atoms with Crippen molar-refractivity contribution in [1.29, 1.82) is 0 Å². The Morgan fingerprint density at radius 3 is 2.45 bits per heavy atom. The zero-order chi connectivity index (χ0) is 15.2. The number of hydrogen-bond donors (Lipinski definition) is 1. The highest BCUT2D eigenvalue weighted by Gasteiger charge is 2.21. The minimum atomic E-state index is -3.37. The Morgan fingerprint density at radius 2 is 1.90 bits per heavy atom. The molecule has 0 spiro atoms. The van der Waals surface area contributed by atoms with Crippen molar-refractivity contribution in [3.8, 4) is 0 Å². The number of nitrogens with zero attached hydrogens (tertiary/aromatic N) is 1. The standard InChI is InChI=1S/C14H21NO4S/c1-12(13-7-4-3-5-8-13)11-20(18,19)15(2)10-6-9-14(16)17/h3-5,7-8,12H,6,9-11H2,1-2H3,(H,16,17). The van der Waals surface area contributed by atoms with Crippen molar-refractivity contribution in [3.63, 3.8) is 0 Å². The van der Waals surface area contributed by atoms with E-state index in [1.54, 1.807) is 0 Å². The van der Waals surface area contributed by atoms with E-state index in [0.717, 1.165) is 5.56 Å². The fraction of sp³-hybridized carbons (Fsp3) is 0.500. The summed E-state index contributed by atoms with van der Waals surface area (Å²) >= 11 is 0. The van der Waals surface area contributed by atoms with Gasteiger partial charge in [-0.2, -0.15) is 0 Å². The van der Waals surface area contributed by atoms with E-state index in [0.29, 0.717) is 6.42 Å². The largest absolute Gasteiger partial charge is 0.481 e. The Morgan fingerprint density at radius 1 is 1.30 bits per heavy atom. The highest BCUT2D eigenvalue weighted by molar-refractivity contribution is 7.89. The maximum atomic E-state index is 12.2. The summed E-state index contributed by atoms with van der Waals surface area (Å²) in [5, 5.41) is 8.56. The summed E-state index contributed by atoms with van der Waals surface area (Å²) in [5.41, 5.74) is 0.981. The van der Waals surface area contributed by atoms with Crippen molar-refractivity contribution in [2.45, 2.75) is 25.7 Å². The highest BCUT2D eigenvalue weighted by atomic mass is 32.2. The molecule has 0 aromatic heterocycles. The van der Waals surface area contributed by atoms with Crippen molar-refractivity contribution in [3.05, 3.63) is 35.9 Å². The normalized spacial score (nSPS) is 13.3. The summed E-state index contributed by atoms with van der Waals surface area (Å²) in [7, 11) is -1.87. The second kappa shape index (κ2) is 7.40. The molecule has 1 N–H and O–H groups in total. The summed E-state index contributed by atoms with van der Waals surface area (Å²) in [6, 6.07) is 9.47. The van der Waals surface area contributed by atoms with E-state index in [2.05, 4.69) is 0 Å². The third-order valence-electron chi connectivity index (χ3n) is 3.17. The maximum Gasteiger partial charge on any atom is 0.303 e. The molecule has 112 valence electrons. The molecule has 5 nitrogen and oxygen atoms in total. The van der Waals surface area contributed by atoms with Gasteiger partial charge in [-0.15, -0.1) is 0 Å². The molecule has 0 heterocycles. The van der Waals surface area contributed by atoms with Crippen LogP contribution in [-0.4, -0.2) is 43.1 Å². The summed E-state index contributed by atoms with van der Waals surface area (Å²) in [4.78, 5) is 10.4. The van der Waals surface area contributed by atoms with E-state index < -0.39 is 16.0 Å². The molecule has 1 unspecified atom stereocenters. The van der Waals surface area contributed by atoms with Crippen LogP contribution in [-0.2, 0) is 14.8 Å². The fourth-order valence-corrected chi connectivity index (χ4v) is 3.40. The number of carboxylic acid groups (broad SMARTS) is 1. The van der Waals surface area contributed by atoms with Gasteiger partial charge in [0.2, 0.25) is 10.0 Å². The van der Waals surface area contributed by atoms with Gasteiger partial charge in [0.15, 0.2) is 0 Å². The molecular formula is C14H21NO4S. The predicted molar refractivity (Wildman–Crippen MR) is 78.1 cm³/mol. The van der Waals surface area contributed by atoms with Gasteiger partial charge in [0, 0.05) is 20.0 Å². The monoisotopic (exact) mass is 299 g/mol. The average Bonchev–Trinajstić information content (AvgIpc) is 2.38. The van der Waals surface area contributed by atoms with Gasteiger partial charge in [-0.3, -0.25) is 4.79 Å². The zero-order valence-electron chi connectivity index (χ0n) is 11.8. The molecule has 1 rings (SSSR count). The molecule has 0 aliphatic heterocycles. The first kappa shape index (κ1) is 16.7. The van der Waals surface area contributed by atoms with E-state index in [1.165, 1.54) is 11.4 Å². The maximum absolute atomic E-state index is 12.2. The van der Waals surface area contributed by atoms with Gasteiger partial charge < -0.3 is 5.11 Å².